The normalized spacial score (nSPS) is 21.6. The second-order valence-electron chi connectivity index (χ2n) is 7.44. The van der Waals surface area contributed by atoms with E-state index < -0.39 is 12.2 Å². The van der Waals surface area contributed by atoms with Gasteiger partial charge in [-0.2, -0.15) is 0 Å². The first-order chi connectivity index (χ1) is 14.1. The van der Waals surface area contributed by atoms with Crippen LogP contribution in [0.3, 0.4) is 0 Å². The fourth-order valence-corrected chi connectivity index (χ4v) is 3.49. The van der Waals surface area contributed by atoms with Gasteiger partial charge in [0.15, 0.2) is 0 Å². The lowest BCUT2D eigenvalue weighted by Crippen LogP contribution is -2.39. The third-order valence-electron chi connectivity index (χ3n) is 5.27. The lowest BCUT2D eigenvalue weighted by Gasteiger charge is -2.26. The standard InChI is InChI=1S/C22H29N3O4/c1-16-21(24-12-11-23-16)22(28)25-13-6-2-3-7-17-8-4-5-9-20(17)29-15-19(27)18(26)10-14-25/h4-5,8-9,11-12,18-19,26-27H,2-3,6-7,10,13-15H2,1H3/t18-,19+/m0/s1. The molecule has 0 saturated carbocycles. The van der Waals surface area contributed by atoms with Gasteiger partial charge in [-0.05, 0) is 44.2 Å². The molecular formula is C22H29N3O4. The molecule has 156 valence electrons. The minimum Gasteiger partial charge on any atom is -0.491 e. The molecule has 2 heterocycles. The van der Waals surface area contributed by atoms with Crippen molar-refractivity contribution in [1.82, 2.24) is 14.9 Å². The molecule has 7 heteroatoms. The van der Waals surface area contributed by atoms with Crippen LogP contribution in [0, 0.1) is 6.92 Å². The third-order valence-corrected chi connectivity index (χ3v) is 5.27. The third kappa shape index (κ3) is 5.74. The molecular weight excluding hydrogens is 370 g/mol. The summed E-state index contributed by atoms with van der Waals surface area (Å²) in [5.41, 5.74) is 2.01. The van der Waals surface area contributed by atoms with Gasteiger partial charge in [-0.15, -0.1) is 0 Å². The fourth-order valence-electron chi connectivity index (χ4n) is 3.49. The second kappa shape index (κ2) is 10.3. The molecule has 1 aliphatic heterocycles. The van der Waals surface area contributed by atoms with E-state index in [1.54, 1.807) is 18.0 Å². The number of benzene rings is 1. The zero-order valence-electron chi connectivity index (χ0n) is 16.8. The van der Waals surface area contributed by atoms with Crippen molar-refractivity contribution in [3.63, 3.8) is 0 Å². The maximum absolute atomic E-state index is 13.0. The van der Waals surface area contributed by atoms with Gasteiger partial charge in [0.2, 0.25) is 0 Å². The number of aliphatic hydroxyl groups is 2. The predicted octanol–water partition coefficient (Wildman–Crippen LogP) is 2.14. The first-order valence-corrected chi connectivity index (χ1v) is 10.2. The van der Waals surface area contributed by atoms with Crippen LogP contribution in [0.4, 0.5) is 0 Å². The fraction of sp³-hybridized carbons (Fsp3) is 0.500. The van der Waals surface area contributed by atoms with Crippen LogP contribution in [0.25, 0.3) is 0 Å². The summed E-state index contributed by atoms with van der Waals surface area (Å²) in [7, 11) is 0. The Morgan fingerprint density at radius 3 is 2.69 bits per heavy atom. The highest BCUT2D eigenvalue weighted by Gasteiger charge is 2.23. The molecule has 0 unspecified atom stereocenters. The molecule has 0 aliphatic carbocycles. The first kappa shape index (κ1) is 21.2. The molecule has 0 fully saturated rings. The summed E-state index contributed by atoms with van der Waals surface area (Å²) in [5.74, 6) is 0.566. The van der Waals surface area contributed by atoms with Crippen LogP contribution >= 0.6 is 0 Å². The number of hydrogen-bond donors (Lipinski definition) is 2. The van der Waals surface area contributed by atoms with Crippen molar-refractivity contribution in [2.75, 3.05) is 19.7 Å². The number of carbonyl (C=O) groups is 1. The minimum atomic E-state index is -1.03. The largest absolute Gasteiger partial charge is 0.491 e. The lowest BCUT2D eigenvalue weighted by molar-refractivity contribution is -0.0153. The number of para-hydroxylation sites is 1. The van der Waals surface area contributed by atoms with Crippen molar-refractivity contribution < 1.29 is 19.7 Å². The van der Waals surface area contributed by atoms with Gasteiger partial charge in [0.1, 0.15) is 24.2 Å². The van der Waals surface area contributed by atoms with Gasteiger partial charge in [-0.3, -0.25) is 9.78 Å². The summed E-state index contributed by atoms with van der Waals surface area (Å²) in [5, 5.41) is 20.7. The summed E-state index contributed by atoms with van der Waals surface area (Å²) < 4.78 is 5.77. The smallest absolute Gasteiger partial charge is 0.274 e. The molecule has 1 amide bonds. The quantitative estimate of drug-likeness (QED) is 0.763. The molecule has 3 rings (SSSR count). The Bertz CT molecular complexity index is 814. The zero-order chi connectivity index (χ0) is 20.6. The number of aromatic nitrogens is 2. The molecule has 0 bridgehead atoms. The molecule has 1 aromatic heterocycles. The molecule has 2 N–H and O–H groups in total. The van der Waals surface area contributed by atoms with Crippen LogP contribution in [0.2, 0.25) is 0 Å². The van der Waals surface area contributed by atoms with Gasteiger partial charge in [0.05, 0.1) is 11.8 Å². The van der Waals surface area contributed by atoms with Crippen molar-refractivity contribution in [2.24, 2.45) is 0 Å². The van der Waals surface area contributed by atoms with Crippen molar-refractivity contribution in [2.45, 2.75) is 51.2 Å². The molecule has 2 atom stereocenters. The summed E-state index contributed by atoms with van der Waals surface area (Å²) in [6.07, 6.45) is 5.01. The Morgan fingerprint density at radius 1 is 1.07 bits per heavy atom. The van der Waals surface area contributed by atoms with E-state index in [0.717, 1.165) is 37.0 Å². The van der Waals surface area contributed by atoms with Crippen molar-refractivity contribution in [3.05, 3.63) is 53.6 Å². The topological polar surface area (TPSA) is 95.8 Å². The monoisotopic (exact) mass is 399 g/mol. The number of fused-ring (bicyclic) bond motifs is 1. The number of aryl methyl sites for hydroxylation is 2. The molecule has 0 spiro atoms. The maximum Gasteiger partial charge on any atom is 0.274 e. The highest BCUT2D eigenvalue weighted by Crippen LogP contribution is 2.22. The summed E-state index contributed by atoms with van der Waals surface area (Å²) in [6, 6.07) is 7.80. The van der Waals surface area contributed by atoms with E-state index in [9.17, 15) is 15.0 Å². The van der Waals surface area contributed by atoms with E-state index in [-0.39, 0.29) is 18.9 Å². The van der Waals surface area contributed by atoms with Crippen LogP contribution in [0.5, 0.6) is 5.75 Å². The van der Waals surface area contributed by atoms with Crippen LogP contribution in [-0.4, -0.2) is 62.9 Å². The Hall–Kier alpha value is -2.51. The van der Waals surface area contributed by atoms with Crippen LogP contribution in [0.15, 0.2) is 36.7 Å². The van der Waals surface area contributed by atoms with Crippen LogP contribution < -0.4 is 4.74 Å². The Morgan fingerprint density at radius 2 is 1.86 bits per heavy atom. The van der Waals surface area contributed by atoms with Crippen LogP contribution in [0.1, 0.15) is 47.4 Å². The Kier molecular flexibility index (Phi) is 7.55. The van der Waals surface area contributed by atoms with E-state index in [2.05, 4.69) is 9.97 Å². The Labute approximate surface area is 171 Å². The summed E-state index contributed by atoms with van der Waals surface area (Å²) in [6.45, 7) is 2.69. The van der Waals surface area contributed by atoms with E-state index >= 15 is 0 Å². The lowest BCUT2D eigenvalue weighted by atomic mass is 10.0. The van der Waals surface area contributed by atoms with E-state index in [4.69, 9.17) is 4.74 Å². The number of carbonyl (C=O) groups excluding carboxylic acids is 1. The molecule has 29 heavy (non-hydrogen) atoms. The molecule has 0 saturated heterocycles. The summed E-state index contributed by atoms with van der Waals surface area (Å²) in [4.78, 5) is 23.0. The second-order valence-corrected chi connectivity index (χ2v) is 7.44. The average molecular weight is 399 g/mol. The number of rotatable bonds is 1. The van der Waals surface area contributed by atoms with Gasteiger partial charge in [-0.25, -0.2) is 4.98 Å². The van der Waals surface area contributed by atoms with Gasteiger partial charge < -0.3 is 19.8 Å². The van der Waals surface area contributed by atoms with Crippen molar-refractivity contribution >= 4 is 5.91 Å². The van der Waals surface area contributed by atoms with E-state index in [1.807, 2.05) is 24.3 Å². The minimum absolute atomic E-state index is 0.00932. The average Bonchev–Trinajstić information content (AvgIpc) is 2.73. The summed E-state index contributed by atoms with van der Waals surface area (Å²) >= 11 is 0. The highest BCUT2D eigenvalue weighted by atomic mass is 16.5. The molecule has 1 aromatic carbocycles. The van der Waals surface area contributed by atoms with E-state index in [0.29, 0.717) is 24.5 Å². The van der Waals surface area contributed by atoms with Gasteiger partial charge >= 0.3 is 0 Å². The number of aliphatic hydroxyl groups excluding tert-OH is 2. The SMILES string of the molecule is Cc1nccnc1C(=O)N1CCCCCc2ccccc2OC[C@@H](O)[C@@H](O)CC1. The number of nitrogens with zero attached hydrogens (tertiary/aromatic N) is 3. The number of hydrogen-bond acceptors (Lipinski definition) is 6. The Balaban J connectivity index is 1.72. The molecule has 1 aliphatic rings. The zero-order valence-corrected chi connectivity index (χ0v) is 16.8. The highest BCUT2D eigenvalue weighted by molar-refractivity contribution is 5.93. The predicted molar refractivity (Wildman–Crippen MR) is 109 cm³/mol. The van der Waals surface area contributed by atoms with E-state index in [1.165, 1.54) is 6.20 Å². The molecule has 2 aromatic rings. The maximum atomic E-state index is 13.0. The van der Waals surface area contributed by atoms with Gasteiger partial charge in [0, 0.05) is 25.5 Å². The van der Waals surface area contributed by atoms with Crippen molar-refractivity contribution in [1.29, 1.82) is 0 Å². The first-order valence-electron chi connectivity index (χ1n) is 10.2. The van der Waals surface area contributed by atoms with Gasteiger partial charge in [0.25, 0.3) is 5.91 Å². The number of amides is 1. The van der Waals surface area contributed by atoms with Gasteiger partial charge in [-0.1, -0.05) is 24.6 Å². The molecule has 0 radical (unpaired) electrons. The number of ether oxygens (including phenoxy) is 1. The molecule has 7 nitrogen and oxygen atoms in total. The van der Waals surface area contributed by atoms with Crippen LogP contribution in [-0.2, 0) is 6.42 Å². The van der Waals surface area contributed by atoms with Crippen molar-refractivity contribution in [3.8, 4) is 5.75 Å².